The zero-order valence-corrected chi connectivity index (χ0v) is 17.6. The summed E-state index contributed by atoms with van der Waals surface area (Å²) >= 11 is 3.10. The van der Waals surface area contributed by atoms with Crippen molar-refractivity contribution in [3.63, 3.8) is 0 Å². The van der Waals surface area contributed by atoms with E-state index in [1.165, 1.54) is 11.3 Å². The van der Waals surface area contributed by atoms with E-state index in [4.69, 9.17) is 13.9 Å². The molecule has 0 radical (unpaired) electrons. The van der Waals surface area contributed by atoms with Gasteiger partial charge in [0.25, 0.3) is 0 Å². The van der Waals surface area contributed by atoms with E-state index < -0.39 is 0 Å². The number of ether oxygens (including phenoxy) is 2. The Kier molecular flexibility index (Phi) is 5.25. The molecule has 1 aromatic carbocycles. The quantitative estimate of drug-likeness (QED) is 0.423. The zero-order valence-electron chi connectivity index (χ0n) is 15.9. The molecular formula is C22H18N2O4S2. The maximum atomic E-state index is 13.3. The molecule has 30 heavy (non-hydrogen) atoms. The summed E-state index contributed by atoms with van der Waals surface area (Å²) in [6.45, 7) is 1.53. The van der Waals surface area contributed by atoms with Crippen LogP contribution in [0, 0.1) is 0 Å². The molecule has 8 heteroatoms. The normalized spacial score (nSPS) is 12.7. The SMILES string of the molecule is O=C(Cc1csc(-c2ccco2)n1)N(Cc1cccs1)c1ccc2c(c1)OCCO2. The summed E-state index contributed by atoms with van der Waals surface area (Å²) < 4.78 is 16.7. The van der Waals surface area contributed by atoms with Crippen LogP contribution in [-0.4, -0.2) is 24.1 Å². The third-order valence-electron chi connectivity index (χ3n) is 4.65. The standard InChI is InChI=1S/C22H18N2O4S2/c25-21(11-15-14-30-22(23-15)19-4-1-7-26-19)24(13-17-3-2-10-29-17)16-5-6-18-20(12-16)28-9-8-27-18/h1-7,10,12,14H,8-9,11,13H2. The molecule has 3 aromatic heterocycles. The van der Waals surface area contributed by atoms with Crippen LogP contribution < -0.4 is 14.4 Å². The van der Waals surface area contributed by atoms with Gasteiger partial charge in [-0.3, -0.25) is 4.79 Å². The molecule has 4 aromatic rings. The van der Waals surface area contributed by atoms with Crippen LogP contribution in [0.5, 0.6) is 11.5 Å². The Balaban J connectivity index is 1.41. The fraction of sp³-hybridized carbons (Fsp3) is 0.182. The Labute approximate surface area is 181 Å². The fourth-order valence-corrected chi connectivity index (χ4v) is 4.71. The average molecular weight is 439 g/mol. The van der Waals surface area contributed by atoms with Crippen molar-refractivity contribution < 1.29 is 18.7 Å². The molecule has 0 aliphatic carbocycles. The maximum absolute atomic E-state index is 13.3. The molecule has 1 aliphatic rings. The monoisotopic (exact) mass is 438 g/mol. The number of fused-ring (bicyclic) bond motifs is 1. The van der Waals surface area contributed by atoms with Crippen molar-refractivity contribution in [2.45, 2.75) is 13.0 Å². The molecule has 0 saturated carbocycles. The number of nitrogens with zero attached hydrogens (tertiary/aromatic N) is 2. The maximum Gasteiger partial charge on any atom is 0.233 e. The van der Waals surface area contributed by atoms with E-state index in [0.29, 0.717) is 37.0 Å². The smallest absolute Gasteiger partial charge is 0.233 e. The lowest BCUT2D eigenvalue weighted by Crippen LogP contribution is -2.31. The first kappa shape index (κ1) is 18.9. The zero-order chi connectivity index (χ0) is 20.3. The predicted molar refractivity (Wildman–Crippen MR) is 116 cm³/mol. The van der Waals surface area contributed by atoms with E-state index in [-0.39, 0.29) is 12.3 Å². The molecule has 0 unspecified atom stereocenters. The Hall–Kier alpha value is -3.10. The number of amides is 1. The van der Waals surface area contributed by atoms with E-state index in [2.05, 4.69) is 4.98 Å². The summed E-state index contributed by atoms with van der Waals surface area (Å²) in [7, 11) is 0. The first-order valence-corrected chi connectivity index (χ1v) is 11.2. The van der Waals surface area contributed by atoms with Crippen molar-refractivity contribution in [1.29, 1.82) is 0 Å². The average Bonchev–Trinajstić information content (AvgIpc) is 3.54. The third kappa shape index (κ3) is 3.96. The second-order valence-corrected chi connectivity index (χ2v) is 8.58. The second kappa shape index (κ2) is 8.33. The number of thiophene rings is 1. The lowest BCUT2D eigenvalue weighted by molar-refractivity contribution is -0.118. The molecule has 1 aliphatic heterocycles. The fourth-order valence-electron chi connectivity index (χ4n) is 3.23. The third-order valence-corrected chi connectivity index (χ3v) is 6.42. The van der Waals surface area contributed by atoms with Gasteiger partial charge < -0.3 is 18.8 Å². The summed E-state index contributed by atoms with van der Waals surface area (Å²) in [6, 6.07) is 13.3. The minimum atomic E-state index is -0.0311. The van der Waals surface area contributed by atoms with Crippen LogP contribution in [0.1, 0.15) is 10.6 Å². The number of carbonyl (C=O) groups excluding carboxylic acids is 1. The minimum Gasteiger partial charge on any atom is -0.486 e. The van der Waals surface area contributed by atoms with E-state index >= 15 is 0 Å². The summed E-state index contributed by atoms with van der Waals surface area (Å²) in [6.07, 6.45) is 1.82. The molecule has 0 N–H and O–H groups in total. The van der Waals surface area contributed by atoms with Crippen LogP contribution in [-0.2, 0) is 17.8 Å². The van der Waals surface area contributed by atoms with Crippen LogP contribution in [0.25, 0.3) is 10.8 Å². The number of hydrogen-bond donors (Lipinski definition) is 0. The molecule has 0 spiro atoms. The van der Waals surface area contributed by atoms with Crippen LogP contribution in [0.2, 0.25) is 0 Å². The van der Waals surface area contributed by atoms with E-state index in [9.17, 15) is 4.79 Å². The highest BCUT2D eigenvalue weighted by atomic mass is 32.1. The number of furan rings is 1. The van der Waals surface area contributed by atoms with Gasteiger partial charge >= 0.3 is 0 Å². The van der Waals surface area contributed by atoms with Crippen molar-refractivity contribution >= 4 is 34.3 Å². The van der Waals surface area contributed by atoms with Crippen molar-refractivity contribution in [2.75, 3.05) is 18.1 Å². The van der Waals surface area contributed by atoms with E-state index in [0.717, 1.165) is 21.3 Å². The van der Waals surface area contributed by atoms with Gasteiger partial charge in [0.05, 0.1) is 24.9 Å². The lowest BCUT2D eigenvalue weighted by Gasteiger charge is -2.25. The highest BCUT2D eigenvalue weighted by Gasteiger charge is 2.22. The van der Waals surface area contributed by atoms with Gasteiger partial charge in [0, 0.05) is 22.0 Å². The van der Waals surface area contributed by atoms with Crippen LogP contribution in [0.3, 0.4) is 0 Å². The highest BCUT2D eigenvalue weighted by molar-refractivity contribution is 7.13. The molecule has 4 heterocycles. The molecule has 0 atom stereocenters. The number of thiazole rings is 1. The van der Waals surface area contributed by atoms with E-state index in [1.807, 2.05) is 53.2 Å². The van der Waals surface area contributed by atoms with Gasteiger partial charge in [-0.1, -0.05) is 6.07 Å². The van der Waals surface area contributed by atoms with Crippen molar-refractivity contribution in [3.05, 3.63) is 70.1 Å². The van der Waals surface area contributed by atoms with Crippen LogP contribution in [0.15, 0.2) is 63.9 Å². The second-order valence-electron chi connectivity index (χ2n) is 6.69. The van der Waals surface area contributed by atoms with Crippen molar-refractivity contribution in [1.82, 2.24) is 4.98 Å². The van der Waals surface area contributed by atoms with Crippen LogP contribution in [0.4, 0.5) is 5.69 Å². The molecule has 152 valence electrons. The first-order chi connectivity index (χ1) is 14.8. The van der Waals surface area contributed by atoms with Gasteiger partial charge in [0.2, 0.25) is 5.91 Å². The van der Waals surface area contributed by atoms with Gasteiger partial charge in [-0.25, -0.2) is 4.98 Å². The lowest BCUT2D eigenvalue weighted by atomic mass is 10.2. The Morgan fingerprint density at radius 2 is 1.97 bits per heavy atom. The van der Waals surface area contributed by atoms with Gasteiger partial charge in [-0.2, -0.15) is 0 Å². The summed E-state index contributed by atoms with van der Waals surface area (Å²) in [5.41, 5.74) is 1.50. The van der Waals surface area contributed by atoms with Crippen LogP contribution >= 0.6 is 22.7 Å². The van der Waals surface area contributed by atoms with Crippen molar-refractivity contribution in [3.8, 4) is 22.3 Å². The van der Waals surface area contributed by atoms with Gasteiger partial charge in [-0.05, 0) is 35.7 Å². The van der Waals surface area contributed by atoms with E-state index in [1.54, 1.807) is 22.5 Å². The molecule has 6 nitrogen and oxygen atoms in total. The van der Waals surface area contributed by atoms with Gasteiger partial charge in [0.15, 0.2) is 22.3 Å². The molecule has 0 fully saturated rings. The van der Waals surface area contributed by atoms with Gasteiger partial charge in [0.1, 0.15) is 13.2 Å². The first-order valence-electron chi connectivity index (χ1n) is 9.47. The number of aromatic nitrogens is 1. The number of anilines is 1. The largest absolute Gasteiger partial charge is 0.486 e. The van der Waals surface area contributed by atoms with Gasteiger partial charge in [-0.15, -0.1) is 22.7 Å². The van der Waals surface area contributed by atoms with Crippen molar-refractivity contribution in [2.24, 2.45) is 0 Å². The Bertz CT molecular complexity index is 1140. The number of rotatable bonds is 6. The molecule has 1 amide bonds. The Morgan fingerprint density at radius 3 is 2.77 bits per heavy atom. The Morgan fingerprint density at radius 1 is 1.07 bits per heavy atom. The molecular weight excluding hydrogens is 420 g/mol. The summed E-state index contributed by atoms with van der Waals surface area (Å²) in [5.74, 6) is 2.05. The minimum absolute atomic E-state index is 0.0311. The number of carbonyl (C=O) groups is 1. The summed E-state index contributed by atoms with van der Waals surface area (Å²) in [4.78, 5) is 20.8. The number of benzene rings is 1. The highest BCUT2D eigenvalue weighted by Crippen LogP contribution is 2.35. The molecule has 0 bridgehead atoms. The number of hydrogen-bond acceptors (Lipinski definition) is 7. The summed E-state index contributed by atoms with van der Waals surface area (Å²) in [5, 5.41) is 4.69. The topological polar surface area (TPSA) is 64.8 Å². The molecule has 0 saturated heterocycles. The predicted octanol–water partition coefficient (Wildman–Crippen LogP) is 5.01. The molecule has 5 rings (SSSR count).